The van der Waals surface area contributed by atoms with Crippen molar-refractivity contribution < 1.29 is 15.3 Å². The van der Waals surface area contributed by atoms with E-state index in [0.29, 0.717) is 23.2 Å². The third kappa shape index (κ3) is 4.30. The van der Waals surface area contributed by atoms with Gasteiger partial charge in [0.2, 0.25) is 0 Å². The number of phenols is 3. The Labute approximate surface area is 210 Å². The third-order valence-electron chi connectivity index (χ3n) is 9.09. The molecule has 3 aromatic carbocycles. The Morgan fingerprint density at radius 3 is 1.51 bits per heavy atom. The predicted octanol–water partition coefficient (Wildman–Crippen LogP) is 7.88. The van der Waals surface area contributed by atoms with Crippen LogP contribution in [0.15, 0.2) is 48.5 Å². The Balaban J connectivity index is 1.78. The molecule has 3 heteroatoms. The first kappa shape index (κ1) is 25.2. The summed E-state index contributed by atoms with van der Waals surface area (Å²) in [6.07, 6.45) is 5.24. The molecule has 0 heterocycles. The molecule has 3 nitrogen and oxygen atoms in total. The van der Waals surface area contributed by atoms with Crippen molar-refractivity contribution in [2.75, 3.05) is 0 Å². The normalized spacial score (nSPS) is 17.8. The van der Waals surface area contributed by atoms with E-state index in [0.717, 1.165) is 54.4 Å². The highest BCUT2D eigenvalue weighted by Gasteiger charge is 2.44. The summed E-state index contributed by atoms with van der Waals surface area (Å²) in [6, 6.07) is 16.4. The lowest BCUT2D eigenvalue weighted by Crippen LogP contribution is -2.40. The summed E-state index contributed by atoms with van der Waals surface area (Å²) in [5, 5.41) is 30.8. The Morgan fingerprint density at radius 1 is 0.743 bits per heavy atom. The molecule has 1 saturated carbocycles. The largest absolute Gasteiger partial charge is 0.508 e. The van der Waals surface area contributed by atoms with Gasteiger partial charge in [0.25, 0.3) is 0 Å². The van der Waals surface area contributed by atoms with Crippen LogP contribution in [-0.4, -0.2) is 15.3 Å². The fraction of sp³-hybridized carbons (Fsp3) is 0.438. The summed E-state index contributed by atoms with van der Waals surface area (Å²) in [7, 11) is 0. The molecule has 1 aliphatic rings. The molecule has 0 bridgehead atoms. The van der Waals surface area contributed by atoms with E-state index in [1.807, 2.05) is 27.7 Å². The van der Waals surface area contributed by atoms with Gasteiger partial charge >= 0.3 is 0 Å². The molecule has 1 aliphatic carbocycles. The number of phenolic OH excluding ortho intramolecular Hbond substituents is 3. The molecule has 0 aliphatic heterocycles. The van der Waals surface area contributed by atoms with E-state index in [2.05, 4.69) is 50.2 Å². The van der Waals surface area contributed by atoms with Gasteiger partial charge < -0.3 is 15.3 Å². The number of aromatic hydroxyl groups is 3. The zero-order chi connectivity index (χ0) is 25.5. The molecular formula is C32H40O3. The van der Waals surface area contributed by atoms with Gasteiger partial charge in [0.05, 0.1) is 0 Å². The monoisotopic (exact) mass is 472 g/mol. The molecule has 0 aromatic heterocycles. The van der Waals surface area contributed by atoms with Crippen LogP contribution in [0.5, 0.6) is 17.2 Å². The average Bonchev–Trinajstić information content (AvgIpc) is 2.85. The van der Waals surface area contributed by atoms with Gasteiger partial charge in [-0.3, -0.25) is 0 Å². The van der Waals surface area contributed by atoms with E-state index in [1.54, 1.807) is 12.1 Å². The second-order valence-corrected chi connectivity index (χ2v) is 11.1. The van der Waals surface area contributed by atoms with Crippen molar-refractivity contribution in [2.24, 2.45) is 5.92 Å². The number of hydrogen-bond donors (Lipinski definition) is 3. The highest BCUT2D eigenvalue weighted by Crippen LogP contribution is 2.53. The molecule has 0 amide bonds. The number of hydrogen-bond acceptors (Lipinski definition) is 3. The molecule has 0 spiro atoms. The van der Waals surface area contributed by atoms with Gasteiger partial charge in [-0.2, -0.15) is 0 Å². The minimum atomic E-state index is -0.160. The van der Waals surface area contributed by atoms with Gasteiger partial charge in [-0.15, -0.1) is 0 Å². The average molecular weight is 473 g/mol. The topological polar surface area (TPSA) is 60.7 Å². The summed E-state index contributed by atoms with van der Waals surface area (Å²) in [5.41, 5.74) is 7.35. The summed E-state index contributed by atoms with van der Waals surface area (Å²) >= 11 is 0. The first-order valence-corrected chi connectivity index (χ1v) is 12.9. The van der Waals surface area contributed by atoms with Gasteiger partial charge in [-0.25, -0.2) is 0 Å². The molecule has 0 saturated heterocycles. The van der Waals surface area contributed by atoms with Crippen LogP contribution in [0, 0.1) is 33.6 Å². The second-order valence-electron chi connectivity index (χ2n) is 11.1. The van der Waals surface area contributed by atoms with E-state index >= 15 is 0 Å². The fourth-order valence-corrected chi connectivity index (χ4v) is 6.53. The maximum atomic E-state index is 10.5. The SMILES string of the molecule is CCC(C)(c1ccc(O)cc1)C1CCC(c2cc(C)c(O)c(C)c2)(c2cc(C)c(O)c(C)c2)CC1. The van der Waals surface area contributed by atoms with Crippen LogP contribution >= 0.6 is 0 Å². The van der Waals surface area contributed by atoms with Crippen LogP contribution in [0.25, 0.3) is 0 Å². The maximum Gasteiger partial charge on any atom is 0.121 e. The van der Waals surface area contributed by atoms with Gasteiger partial charge in [0.15, 0.2) is 0 Å². The number of rotatable bonds is 5. The first-order chi connectivity index (χ1) is 16.5. The van der Waals surface area contributed by atoms with Crippen LogP contribution in [0.1, 0.15) is 84.9 Å². The summed E-state index contributed by atoms with van der Waals surface area (Å²) in [4.78, 5) is 0. The molecular weight excluding hydrogens is 432 g/mol. The van der Waals surface area contributed by atoms with E-state index in [-0.39, 0.29) is 10.8 Å². The van der Waals surface area contributed by atoms with Crippen LogP contribution in [-0.2, 0) is 10.8 Å². The van der Waals surface area contributed by atoms with Crippen LogP contribution in [0.4, 0.5) is 0 Å². The van der Waals surface area contributed by atoms with Crippen molar-refractivity contribution in [3.8, 4) is 17.2 Å². The quantitative estimate of drug-likeness (QED) is 0.354. The van der Waals surface area contributed by atoms with Crippen molar-refractivity contribution in [1.29, 1.82) is 0 Å². The molecule has 35 heavy (non-hydrogen) atoms. The highest BCUT2D eigenvalue weighted by atomic mass is 16.3. The third-order valence-corrected chi connectivity index (χ3v) is 9.09. The minimum Gasteiger partial charge on any atom is -0.508 e. The minimum absolute atomic E-state index is 0.0431. The molecule has 186 valence electrons. The van der Waals surface area contributed by atoms with E-state index in [4.69, 9.17) is 0 Å². The highest BCUT2D eigenvalue weighted by molar-refractivity contribution is 5.52. The van der Waals surface area contributed by atoms with Gasteiger partial charge in [-0.1, -0.05) is 50.2 Å². The van der Waals surface area contributed by atoms with Gasteiger partial charge in [0, 0.05) is 5.41 Å². The van der Waals surface area contributed by atoms with Crippen molar-refractivity contribution in [2.45, 2.75) is 84.5 Å². The molecule has 1 unspecified atom stereocenters. The molecule has 4 rings (SSSR count). The van der Waals surface area contributed by atoms with Crippen molar-refractivity contribution in [3.05, 3.63) is 87.5 Å². The van der Waals surface area contributed by atoms with E-state index in [1.165, 1.54) is 16.7 Å². The standard InChI is InChI=1S/C32H40O3/c1-7-31(6,24-8-10-28(33)11-9-24)25-12-14-32(15-13-25,26-16-20(2)29(34)21(3)17-26)27-18-22(4)30(35)23(5)19-27/h8-11,16-19,25,33-35H,7,12-15H2,1-6H3. The number of benzene rings is 3. The lowest BCUT2D eigenvalue weighted by Gasteiger charge is -2.47. The molecule has 3 aromatic rings. The van der Waals surface area contributed by atoms with Crippen molar-refractivity contribution in [1.82, 2.24) is 0 Å². The summed E-state index contributed by atoms with van der Waals surface area (Å²) < 4.78 is 0. The Kier molecular flexibility index (Phi) is 6.66. The first-order valence-electron chi connectivity index (χ1n) is 12.9. The summed E-state index contributed by atoms with van der Waals surface area (Å²) in [5.74, 6) is 1.60. The lowest BCUT2D eigenvalue weighted by molar-refractivity contribution is 0.172. The predicted molar refractivity (Wildman–Crippen MR) is 144 cm³/mol. The Hall–Kier alpha value is -2.94. The van der Waals surface area contributed by atoms with Crippen LogP contribution in [0.3, 0.4) is 0 Å². The zero-order valence-corrected chi connectivity index (χ0v) is 22.1. The van der Waals surface area contributed by atoms with E-state index < -0.39 is 0 Å². The van der Waals surface area contributed by atoms with Crippen molar-refractivity contribution in [3.63, 3.8) is 0 Å². The fourth-order valence-electron chi connectivity index (χ4n) is 6.53. The summed E-state index contributed by atoms with van der Waals surface area (Å²) in [6.45, 7) is 12.6. The smallest absolute Gasteiger partial charge is 0.121 e. The van der Waals surface area contributed by atoms with Crippen LogP contribution in [0.2, 0.25) is 0 Å². The van der Waals surface area contributed by atoms with Gasteiger partial charge in [0.1, 0.15) is 17.2 Å². The molecule has 3 N–H and O–H groups in total. The Morgan fingerprint density at radius 2 is 1.14 bits per heavy atom. The molecule has 1 atom stereocenters. The van der Waals surface area contributed by atoms with E-state index in [9.17, 15) is 15.3 Å². The second kappa shape index (κ2) is 9.26. The number of aryl methyl sites for hydroxylation is 4. The van der Waals surface area contributed by atoms with Gasteiger partial charge in [-0.05, 0) is 122 Å². The Bertz CT molecular complexity index is 1110. The molecule has 1 fully saturated rings. The lowest BCUT2D eigenvalue weighted by atomic mass is 9.56. The zero-order valence-electron chi connectivity index (χ0n) is 22.1. The van der Waals surface area contributed by atoms with Crippen LogP contribution < -0.4 is 0 Å². The molecule has 0 radical (unpaired) electrons. The maximum absolute atomic E-state index is 10.5. The van der Waals surface area contributed by atoms with Crippen molar-refractivity contribution >= 4 is 0 Å².